The van der Waals surface area contributed by atoms with Gasteiger partial charge in [-0.2, -0.15) is 0 Å². The van der Waals surface area contributed by atoms with Gasteiger partial charge in [-0.1, -0.05) is 0 Å². The fourth-order valence-corrected chi connectivity index (χ4v) is 4.48. The minimum absolute atomic E-state index is 0.0561. The number of nitrogens with zero attached hydrogens (tertiary/aromatic N) is 5. The number of benzene rings is 1. The molecule has 7 nitrogen and oxygen atoms in total. The van der Waals surface area contributed by atoms with Gasteiger partial charge in [-0.3, -0.25) is 0 Å². The van der Waals surface area contributed by atoms with Gasteiger partial charge in [0.25, 0.3) is 0 Å². The molecule has 0 unspecified atom stereocenters. The summed E-state index contributed by atoms with van der Waals surface area (Å²) in [7, 11) is 1.88. The Morgan fingerprint density at radius 1 is 1.21 bits per heavy atom. The van der Waals surface area contributed by atoms with Crippen molar-refractivity contribution in [2.45, 2.75) is 43.6 Å². The van der Waals surface area contributed by atoms with Crippen molar-refractivity contribution >= 4 is 5.82 Å². The van der Waals surface area contributed by atoms with E-state index in [1.807, 2.05) is 40.9 Å². The average molecular weight is 394 g/mol. The highest BCUT2D eigenvalue weighted by molar-refractivity contribution is 5.69. The maximum atomic E-state index is 14.8. The third-order valence-corrected chi connectivity index (χ3v) is 6.12. The number of rotatable bonds is 4. The van der Waals surface area contributed by atoms with E-state index in [1.165, 1.54) is 0 Å². The molecule has 2 aromatic heterocycles. The standard InChI is InChI=1S/C21H23FN6O/c1-27(18-10-13-2-5-17(24-13)21(18)22)20-7-6-16(25-26-20)15-4-3-14(11-19(15)29)28-9-8-23-12-28/h3-4,6-9,11-13,17-18,21,24,29H,2,5,10H2,1H3/t13-,17+,18-,21-/m0/s1. The van der Waals surface area contributed by atoms with Gasteiger partial charge in [0.05, 0.1) is 23.8 Å². The molecule has 0 radical (unpaired) electrons. The van der Waals surface area contributed by atoms with E-state index in [-0.39, 0.29) is 17.8 Å². The summed E-state index contributed by atoms with van der Waals surface area (Å²) in [6.45, 7) is 0. The van der Waals surface area contributed by atoms with Crippen LogP contribution >= 0.6 is 0 Å². The summed E-state index contributed by atoms with van der Waals surface area (Å²) in [5, 5.41) is 22.4. The molecular formula is C21H23FN6O. The molecule has 4 atom stereocenters. The molecule has 1 aromatic carbocycles. The third kappa shape index (κ3) is 3.23. The van der Waals surface area contributed by atoms with E-state index in [4.69, 9.17) is 0 Å². The van der Waals surface area contributed by atoms with Gasteiger partial charge in [-0.25, -0.2) is 9.37 Å². The van der Waals surface area contributed by atoms with Crippen LogP contribution in [0.1, 0.15) is 19.3 Å². The second kappa shape index (κ2) is 7.11. The van der Waals surface area contributed by atoms with E-state index in [0.717, 1.165) is 24.9 Å². The van der Waals surface area contributed by atoms with E-state index in [9.17, 15) is 9.50 Å². The van der Waals surface area contributed by atoms with Crippen LogP contribution in [-0.2, 0) is 0 Å². The Morgan fingerprint density at radius 2 is 2.10 bits per heavy atom. The average Bonchev–Trinajstić information content (AvgIpc) is 3.41. The molecule has 0 amide bonds. The number of aromatic hydroxyl groups is 1. The zero-order chi connectivity index (χ0) is 20.0. The summed E-state index contributed by atoms with van der Waals surface area (Å²) in [4.78, 5) is 5.91. The molecule has 0 aliphatic carbocycles. The van der Waals surface area contributed by atoms with Gasteiger partial charge in [0.1, 0.15) is 11.9 Å². The highest BCUT2D eigenvalue weighted by Gasteiger charge is 2.43. The number of imidazole rings is 1. The van der Waals surface area contributed by atoms with Crippen LogP contribution in [-0.4, -0.2) is 56.2 Å². The summed E-state index contributed by atoms with van der Waals surface area (Å²) in [5.41, 5.74) is 1.97. The van der Waals surface area contributed by atoms with Crippen molar-refractivity contribution in [3.63, 3.8) is 0 Å². The molecule has 150 valence electrons. The molecule has 0 spiro atoms. The molecule has 2 N–H and O–H groups in total. The largest absolute Gasteiger partial charge is 0.507 e. The van der Waals surface area contributed by atoms with Gasteiger partial charge in [0.15, 0.2) is 5.82 Å². The Balaban J connectivity index is 1.36. The molecule has 3 aromatic rings. The minimum Gasteiger partial charge on any atom is -0.507 e. The van der Waals surface area contributed by atoms with Crippen LogP contribution in [0.25, 0.3) is 16.9 Å². The van der Waals surface area contributed by atoms with Gasteiger partial charge < -0.3 is 19.9 Å². The maximum Gasteiger partial charge on any atom is 0.151 e. The Hall–Kier alpha value is -3.00. The molecule has 8 heteroatoms. The lowest BCUT2D eigenvalue weighted by atomic mass is 9.96. The van der Waals surface area contributed by atoms with E-state index < -0.39 is 6.17 Å². The minimum atomic E-state index is -0.917. The number of hydrogen-bond acceptors (Lipinski definition) is 6. The van der Waals surface area contributed by atoms with Crippen LogP contribution < -0.4 is 10.2 Å². The predicted octanol–water partition coefficient (Wildman–Crippen LogP) is 2.70. The van der Waals surface area contributed by atoms with E-state index in [1.54, 1.807) is 24.7 Å². The molecular weight excluding hydrogens is 371 g/mol. The van der Waals surface area contributed by atoms with Crippen LogP contribution in [0, 0.1) is 0 Å². The second-order valence-electron chi connectivity index (χ2n) is 7.85. The number of halogens is 1. The molecule has 2 saturated heterocycles. The molecule has 2 aliphatic rings. The Morgan fingerprint density at radius 3 is 2.83 bits per heavy atom. The summed E-state index contributed by atoms with van der Waals surface area (Å²) < 4.78 is 16.6. The van der Waals surface area contributed by atoms with Crippen LogP contribution in [0.5, 0.6) is 5.75 Å². The fraction of sp³-hybridized carbons (Fsp3) is 0.381. The van der Waals surface area contributed by atoms with Gasteiger partial charge >= 0.3 is 0 Å². The van der Waals surface area contributed by atoms with Crippen molar-refractivity contribution in [2.24, 2.45) is 0 Å². The Labute approximate surface area is 168 Å². The lowest BCUT2D eigenvalue weighted by Crippen LogP contribution is -2.55. The normalized spacial score (nSPS) is 25.9. The van der Waals surface area contributed by atoms with Gasteiger partial charge in [-0.05, 0) is 43.5 Å². The van der Waals surface area contributed by atoms with Crippen molar-refractivity contribution in [1.82, 2.24) is 25.1 Å². The first kappa shape index (κ1) is 18.1. The van der Waals surface area contributed by atoms with Gasteiger partial charge in [-0.15, -0.1) is 10.2 Å². The van der Waals surface area contributed by atoms with Crippen LogP contribution in [0.15, 0.2) is 49.1 Å². The Bertz CT molecular complexity index is 993. The van der Waals surface area contributed by atoms with Crippen molar-refractivity contribution < 1.29 is 9.50 Å². The molecule has 0 saturated carbocycles. The zero-order valence-corrected chi connectivity index (χ0v) is 16.1. The van der Waals surface area contributed by atoms with E-state index in [2.05, 4.69) is 20.5 Å². The predicted molar refractivity (Wildman–Crippen MR) is 108 cm³/mol. The molecule has 4 heterocycles. The number of aromatic nitrogens is 4. The number of fused-ring (bicyclic) bond motifs is 2. The summed E-state index contributed by atoms with van der Waals surface area (Å²) >= 11 is 0. The molecule has 29 heavy (non-hydrogen) atoms. The second-order valence-corrected chi connectivity index (χ2v) is 7.85. The molecule has 2 fully saturated rings. The fourth-order valence-electron chi connectivity index (χ4n) is 4.48. The number of piperidine rings is 1. The Kier molecular flexibility index (Phi) is 4.43. The number of alkyl halides is 1. The van der Waals surface area contributed by atoms with Gasteiger partial charge in [0.2, 0.25) is 0 Å². The van der Waals surface area contributed by atoms with Crippen LogP contribution in [0.4, 0.5) is 10.2 Å². The van der Waals surface area contributed by atoms with Crippen molar-refractivity contribution in [3.8, 4) is 22.7 Å². The summed E-state index contributed by atoms with van der Waals surface area (Å²) in [5.74, 6) is 0.752. The van der Waals surface area contributed by atoms with Crippen LogP contribution in [0.3, 0.4) is 0 Å². The quantitative estimate of drug-likeness (QED) is 0.708. The lowest BCUT2D eigenvalue weighted by molar-refractivity contribution is 0.176. The van der Waals surface area contributed by atoms with Crippen molar-refractivity contribution in [1.29, 1.82) is 0 Å². The summed E-state index contributed by atoms with van der Waals surface area (Å²) in [6.07, 6.45) is 6.95. The monoisotopic (exact) mass is 394 g/mol. The number of phenolic OH excluding ortho intramolecular Hbond substituents is 1. The highest BCUT2D eigenvalue weighted by Crippen LogP contribution is 2.34. The number of anilines is 1. The zero-order valence-electron chi connectivity index (χ0n) is 16.1. The third-order valence-electron chi connectivity index (χ3n) is 6.12. The van der Waals surface area contributed by atoms with Crippen LogP contribution in [0.2, 0.25) is 0 Å². The topological polar surface area (TPSA) is 79.1 Å². The first-order valence-corrected chi connectivity index (χ1v) is 9.88. The number of phenols is 1. The number of nitrogens with one attached hydrogen (secondary N) is 1. The van der Waals surface area contributed by atoms with Gasteiger partial charge in [0, 0.05) is 43.2 Å². The van der Waals surface area contributed by atoms with Crippen molar-refractivity contribution in [3.05, 3.63) is 49.1 Å². The lowest BCUT2D eigenvalue weighted by Gasteiger charge is -2.38. The van der Waals surface area contributed by atoms with Crippen molar-refractivity contribution in [2.75, 3.05) is 11.9 Å². The summed E-state index contributed by atoms with van der Waals surface area (Å²) in [6, 6.07) is 9.14. The molecule has 2 aliphatic heterocycles. The number of hydrogen-bond donors (Lipinski definition) is 2. The smallest absolute Gasteiger partial charge is 0.151 e. The first-order chi connectivity index (χ1) is 14.1. The molecule has 5 rings (SSSR count). The van der Waals surface area contributed by atoms with E-state index in [0.29, 0.717) is 23.1 Å². The first-order valence-electron chi connectivity index (χ1n) is 9.88. The molecule has 2 bridgehead atoms. The maximum absolute atomic E-state index is 14.8. The van der Waals surface area contributed by atoms with E-state index >= 15 is 0 Å². The highest BCUT2D eigenvalue weighted by atomic mass is 19.1. The SMILES string of the molecule is CN(c1ccc(-c2ccc(-n3ccnc3)cc2O)nn1)[C@H]1C[C@@H]2CC[C@@H](N2)[C@@H]1F.